The van der Waals surface area contributed by atoms with Crippen LogP contribution in [-0.2, 0) is 19.7 Å². The van der Waals surface area contributed by atoms with E-state index in [0.29, 0.717) is 42.5 Å². The van der Waals surface area contributed by atoms with Gasteiger partial charge in [0.2, 0.25) is 0 Å². The number of fused-ring (bicyclic) bond motifs is 1. The maximum absolute atomic E-state index is 13.7. The highest BCUT2D eigenvalue weighted by Gasteiger charge is 2.22. The smallest absolute Gasteiger partial charge is 0.275 e. The van der Waals surface area contributed by atoms with Gasteiger partial charge in [0.15, 0.2) is 22.8 Å². The lowest BCUT2D eigenvalue weighted by molar-refractivity contribution is 0.0721. The number of pyridine rings is 1. The van der Waals surface area contributed by atoms with Gasteiger partial charge in [0, 0.05) is 30.2 Å². The molecule has 8 nitrogen and oxygen atoms in total. The van der Waals surface area contributed by atoms with Crippen molar-refractivity contribution < 1.29 is 14.3 Å². The van der Waals surface area contributed by atoms with Crippen molar-refractivity contribution in [2.24, 2.45) is 0 Å². The average Bonchev–Trinajstić information content (AvgIpc) is 3.58. The predicted octanol–water partition coefficient (Wildman–Crippen LogP) is 5.23. The highest BCUT2D eigenvalue weighted by atomic mass is 32.1. The molecule has 0 fully saturated rings. The molecule has 0 radical (unpaired) electrons. The van der Waals surface area contributed by atoms with E-state index in [1.807, 2.05) is 67.8 Å². The van der Waals surface area contributed by atoms with Crippen LogP contribution in [0.1, 0.15) is 38.7 Å². The first-order valence-corrected chi connectivity index (χ1v) is 12.8. The Bertz CT molecular complexity index is 1520. The number of hydrogen-bond acceptors (Lipinski definition) is 7. The Morgan fingerprint density at radius 2 is 1.92 bits per heavy atom. The molecule has 0 aliphatic heterocycles. The number of nitrogens with zero attached hydrogens (tertiary/aromatic N) is 5. The quantitative estimate of drug-likeness (QED) is 0.268. The molecule has 37 heavy (non-hydrogen) atoms. The van der Waals surface area contributed by atoms with Crippen molar-refractivity contribution >= 4 is 22.9 Å². The van der Waals surface area contributed by atoms with Crippen molar-refractivity contribution in [3.05, 3.63) is 105 Å². The van der Waals surface area contributed by atoms with Gasteiger partial charge in [0.1, 0.15) is 6.61 Å². The van der Waals surface area contributed by atoms with E-state index >= 15 is 0 Å². The lowest BCUT2D eigenvalue weighted by Gasteiger charge is -2.22. The van der Waals surface area contributed by atoms with Crippen LogP contribution in [0.4, 0.5) is 0 Å². The predicted molar refractivity (Wildman–Crippen MR) is 142 cm³/mol. The van der Waals surface area contributed by atoms with E-state index in [-0.39, 0.29) is 5.91 Å². The molecule has 0 saturated heterocycles. The standard InChI is InChI=1S/C28H27N5O3S/c1-19-12-20(2)33-27(30-19)14-24(31-33)28(34)32(16-23-6-4-5-10-29-23)15-21-7-8-25(35-3)26(13-21)36-17-22-9-11-37-18-22/h4-14,18H,15-17H2,1-3H3. The van der Waals surface area contributed by atoms with Crippen molar-refractivity contribution in [2.75, 3.05) is 7.11 Å². The maximum Gasteiger partial charge on any atom is 0.275 e. The molecule has 1 aromatic carbocycles. The fraction of sp³-hybridized carbons (Fsp3) is 0.214. The Morgan fingerprint density at radius 3 is 2.68 bits per heavy atom. The summed E-state index contributed by atoms with van der Waals surface area (Å²) >= 11 is 1.63. The van der Waals surface area contributed by atoms with E-state index in [2.05, 4.69) is 20.4 Å². The number of ether oxygens (including phenoxy) is 2. The molecule has 4 aromatic heterocycles. The van der Waals surface area contributed by atoms with Gasteiger partial charge in [-0.15, -0.1) is 0 Å². The number of benzene rings is 1. The van der Waals surface area contributed by atoms with Gasteiger partial charge in [0.25, 0.3) is 5.91 Å². The molecule has 0 aliphatic carbocycles. The second-order valence-corrected chi connectivity index (χ2v) is 9.51. The Labute approximate surface area is 219 Å². The number of carbonyl (C=O) groups is 1. The summed E-state index contributed by atoms with van der Waals surface area (Å²) in [7, 11) is 1.62. The number of methoxy groups -OCH3 is 1. The third kappa shape index (κ3) is 5.62. The molecule has 0 spiro atoms. The second-order valence-electron chi connectivity index (χ2n) is 8.73. The number of rotatable bonds is 9. The van der Waals surface area contributed by atoms with Gasteiger partial charge in [-0.3, -0.25) is 9.78 Å². The highest BCUT2D eigenvalue weighted by Crippen LogP contribution is 2.30. The summed E-state index contributed by atoms with van der Waals surface area (Å²) in [6, 6.07) is 17.1. The summed E-state index contributed by atoms with van der Waals surface area (Å²) < 4.78 is 13.3. The minimum absolute atomic E-state index is 0.204. The van der Waals surface area contributed by atoms with Crippen LogP contribution < -0.4 is 9.47 Å². The average molecular weight is 514 g/mol. The van der Waals surface area contributed by atoms with Gasteiger partial charge in [-0.25, -0.2) is 9.50 Å². The zero-order chi connectivity index (χ0) is 25.8. The molecule has 0 N–H and O–H groups in total. The largest absolute Gasteiger partial charge is 0.493 e. The molecule has 5 rings (SSSR count). The van der Waals surface area contributed by atoms with Crippen LogP contribution in [0, 0.1) is 13.8 Å². The minimum atomic E-state index is -0.204. The summed E-state index contributed by atoms with van der Waals surface area (Å²) in [5.74, 6) is 1.06. The van der Waals surface area contributed by atoms with Gasteiger partial charge in [-0.2, -0.15) is 16.4 Å². The number of hydrogen-bond donors (Lipinski definition) is 0. The summed E-state index contributed by atoms with van der Waals surface area (Å²) in [6.07, 6.45) is 1.72. The molecule has 0 aliphatic rings. The number of thiophene rings is 1. The molecule has 1 amide bonds. The van der Waals surface area contributed by atoms with Crippen molar-refractivity contribution in [3.63, 3.8) is 0 Å². The number of aryl methyl sites for hydroxylation is 2. The molecule has 0 atom stereocenters. The van der Waals surface area contributed by atoms with Gasteiger partial charge in [-0.1, -0.05) is 12.1 Å². The van der Waals surface area contributed by atoms with E-state index in [0.717, 1.165) is 28.2 Å². The third-order valence-corrected chi connectivity index (χ3v) is 6.63. The summed E-state index contributed by atoms with van der Waals surface area (Å²) in [4.78, 5) is 24.4. The molecule has 4 heterocycles. The Balaban J connectivity index is 1.44. The van der Waals surface area contributed by atoms with Crippen molar-refractivity contribution in [1.29, 1.82) is 0 Å². The van der Waals surface area contributed by atoms with Crippen molar-refractivity contribution in [3.8, 4) is 11.5 Å². The Kier molecular flexibility index (Phi) is 7.14. The van der Waals surface area contributed by atoms with Crippen LogP contribution in [-0.4, -0.2) is 37.5 Å². The summed E-state index contributed by atoms with van der Waals surface area (Å²) in [5, 5.41) is 8.63. The van der Waals surface area contributed by atoms with E-state index in [1.54, 1.807) is 40.1 Å². The van der Waals surface area contributed by atoms with Crippen LogP contribution in [0.25, 0.3) is 5.65 Å². The SMILES string of the molecule is COc1ccc(CN(Cc2ccccn2)C(=O)c2cc3nc(C)cc(C)n3n2)cc1OCc1ccsc1. The number of carbonyl (C=O) groups excluding carboxylic acids is 1. The molecule has 0 bridgehead atoms. The minimum Gasteiger partial charge on any atom is -0.493 e. The topological polar surface area (TPSA) is 81.9 Å². The third-order valence-electron chi connectivity index (χ3n) is 5.89. The first-order valence-electron chi connectivity index (χ1n) is 11.8. The van der Waals surface area contributed by atoms with Crippen LogP contribution in [0.3, 0.4) is 0 Å². The van der Waals surface area contributed by atoms with Crippen LogP contribution in [0.5, 0.6) is 11.5 Å². The normalized spacial score (nSPS) is 11.0. The zero-order valence-electron chi connectivity index (χ0n) is 20.9. The summed E-state index contributed by atoms with van der Waals surface area (Å²) in [6.45, 7) is 4.98. The number of aromatic nitrogens is 4. The first-order chi connectivity index (χ1) is 18.0. The maximum atomic E-state index is 13.7. The van der Waals surface area contributed by atoms with E-state index in [4.69, 9.17) is 9.47 Å². The fourth-order valence-electron chi connectivity index (χ4n) is 4.13. The van der Waals surface area contributed by atoms with E-state index in [1.165, 1.54) is 0 Å². The van der Waals surface area contributed by atoms with Crippen LogP contribution in [0.15, 0.2) is 71.6 Å². The van der Waals surface area contributed by atoms with E-state index in [9.17, 15) is 4.79 Å². The molecular formula is C28H27N5O3S. The Hall–Kier alpha value is -4.24. The molecule has 9 heteroatoms. The molecule has 5 aromatic rings. The lowest BCUT2D eigenvalue weighted by atomic mass is 10.1. The molecule has 188 valence electrons. The zero-order valence-corrected chi connectivity index (χ0v) is 21.7. The van der Waals surface area contributed by atoms with Crippen molar-refractivity contribution in [1.82, 2.24) is 24.5 Å². The first kappa shape index (κ1) is 24.5. The van der Waals surface area contributed by atoms with Gasteiger partial charge in [0.05, 0.1) is 19.3 Å². The molecule has 0 unspecified atom stereocenters. The van der Waals surface area contributed by atoms with Crippen LogP contribution >= 0.6 is 11.3 Å². The van der Waals surface area contributed by atoms with Gasteiger partial charge < -0.3 is 14.4 Å². The summed E-state index contributed by atoms with van der Waals surface area (Å²) in [5.41, 5.74) is 5.55. The van der Waals surface area contributed by atoms with E-state index < -0.39 is 0 Å². The van der Waals surface area contributed by atoms with Gasteiger partial charge in [-0.05, 0) is 72.1 Å². The lowest BCUT2D eigenvalue weighted by Crippen LogP contribution is -2.31. The van der Waals surface area contributed by atoms with Crippen LogP contribution in [0.2, 0.25) is 0 Å². The monoisotopic (exact) mass is 513 g/mol. The second kappa shape index (κ2) is 10.8. The van der Waals surface area contributed by atoms with Crippen molar-refractivity contribution in [2.45, 2.75) is 33.5 Å². The highest BCUT2D eigenvalue weighted by molar-refractivity contribution is 7.07. The molecule has 0 saturated carbocycles. The number of amides is 1. The molecular weight excluding hydrogens is 486 g/mol. The van der Waals surface area contributed by atoms with Gasteiger partial charge >= 0.3 is 0 Å². The Morgan fingerprint density at radius 1 is 1.03 bits per heavy atom. The fourth-order valence-corrected chi connectivity index (χ4v) is 4.78.